The minimum absolute atomic E-state index is 0.0292. The maximum Gasteiger partial charge on any atom is 0.0757 e. The van der Waals surface area contributed by atoms with E-state index in [0.717, 1.165) is 19.1 Å². The lowest BCUT2D eigenvalue weighted by Gasteiger charge is -2.44. The lowest BCUT2D eigenvalue weighted by molar-refractivity contribution is -0.130. The summed E-state index contributed by atoms with van der Waals surface area (Å²) in [5, 5.41) is 3.45. The molecule has 2 rings (SSSR count). The van der Waals surface area contributed by atoms with Gasteiger partial charge in [0.25, 0.3) is 0 Å². The van der Waals surface area contributed by atoms with E-state index in [-0.39, 0.29) is 5.60 Å². The molecule has 0 spiro atoms. The minimum atomic E-state index is 0.0292. The second-order valence-corrected chi connectivity index (χ2v) is 5.32. The Hall–Kier alpha value is -0.120. The van der Waals surface area contributed by atoms with E-state index < -0.39 is 0 Å². The number of nitrogens with one attached hydrogen (secondary N) is 1. The highest BCUT2D eigenvalue weighted by Gasteiger charge is 2.32. The fourth-order valence-corrected chi connectivity index (χ4v) is 2.54. The van der Waals surface area contributed by atoms with Gasteiger partial charge in [-0.2, -0.15) is 0 Å². The Kier molecular flexibility index (Phi) is 2.82. The average Bonchev–Trinajstić information content (AvgIpc) is 1.92. The van der Waals surface area contributed by atoms with Crippen molar-refractivity contribution >= 4 is 0 Å². The SMILES string of the molecule is CC1CN(CC2CCN2)CC(C)(C)O1. The zero-order valence-corrected chi connectivity index (χ0v) is 9.55. The Morgan fingerprint density at radius 3 is 2.71 bits per heavy atom. The van der Waals surface area contributed by atoms with Crippen molar-refractivity contribution in [3.63, 3.8) is 0 Å². The van der Waals surface area contributed by atoms with E-state index in [4.69, 9.17) is 4.74 Å². The largest absolute Gasteiger partial charge is 0.370 e. The molecule has 0 aliphatic carbocycles. The zero-order valence-electron chi connectivity index (χ0n) is 9.55. The number of rotatable bonds is 2. The molecule has 0 aromatic rings. The average molecular weight is 198 g/mol. The van der Waals surface area contributed by atoms with Gasteiger partial charge in [0.05, 0.1) is 11.7 Å². The standard InChI is InChI=1S/C11H22N2O/c1-9-6-13(7-10-4-5-12-10)8-11(2,3)14-9/h9-10,12H,4-8H2,1-3H3. The third kappa shape index (κ3) is 2.47. The van der Waals surface area contributed by atoms with Crippen molar-refractivity contribution in [1.29, 1.82) is 0 Å². The van der Waals surface area contributed by atoms with E-state index in [0.29, 0.717) is 6.10 Å². The summed E-state index contributed by atoms with van der Waals surface area (Å²) in [5.41, 5.74) is 0.0292. The normalized spacial score (nSPS) is 37.9. The van der Waals surface area contributed by atoms with Crippen LogP contribution in [0.15, 0.2) is 0 Å². The van der Waals surface area contributed by atoms with E-state index in [1.54, 1.807) is 0 Å². The van der Waals surface area contributed by atoms with Gasteiger partial charge in [0.15, 0.2) is 0 Å². The first-order valence-corrected chi connectivity index (χ1v) is 5.69. The molecule has 3 heteroatoms. The van der Waals surface area contributed by atoms with Crippen molar-refractivity contribution in [2.75, 3.05) is 26.2 Å². The van der Waals surface area contributed by atoms with Gasteiger partial charge in [0, 0.05) is 25.7 Å². The molecule has 2 saturated heterocycles. The summed E-state index contributed by atoms with van der Waals surface area (Å²) in [4.78, 5) is 2.53. The molecule has 3 nitrogen and oxygen atoms in total. The van der Waals surface area contributed by atoms with Crippen LogP contribution in [-0.4, -0.2) is 48.8 Å². The molecule has 2 aliphatic rings. The lowest BCUT2D eigenvalue weighted by atomic mass is 10.0. The lowest BCUT2D eigenvalue weighted by Crippen LogP contribution is -2.57. The fraction of sp³-hybridized carbons (Fsp3) is 1.00. The van der Waals surface area contributed by atoms with Crippen molar-refractivity contribution in [2.24, 2.45) is 0 Å². The third-order valence-corrected chi connectivity index (χ3v) is 3.04. The molecular formula is C11H22N2O. The predicted octanol–water partition coefficient (Wildman–Crippen LogP) is 0.848. The third-order valence-electron chi connectivity index (χ3n) is 3.04. The Bertz CT molecular complexity index is 201. The topological polar surface area (TPSA) is 24.5 Å². The summed E-state index contributed by atoms with van der Waals surface area (Å²) in [5.74, 6) is 0. The molecule has 2 fully saturated rings. The Balaban J connectivity index is 1.85. The van der Waals surface area contributed by atoms with E-state index >= 15 is 0 Å². The van der Waals surface area contributed by atoms with Crippen molar-refractivity contribution in [1.82, 2.24) is 10.2 Å². The highest BCUT2D eigenvalue weighted by molar-refractivity contribution is 4.87. The molecular weight excluding hydrogens is 176 g/mol. The minimum Gasteiger partial charge on any atom is -0.370 e. The summed E-state index contributed by atoms with van der Waals surface area (Å²) in [6.45, 7) is 11.1. The van der Waals surface area contributed by atoms with Crippen LogP contribution in [0.2, 0.25) is 0 Å². The van der Waals surface area contributed by atoms with Gasteiger partial charge in [0.1, 0.15) is 0 Å². The maximum atomic E-state index is 5.88. The van der Waals surface area contributed by atoms with Crippen LogP contribution in [0.4, 0.5) is 0 Å². The van der Waals surface area contributed by atoms with E-state index in [2.05, 4.69) is 31.0 Å². The zero-order chi connectivity index (χ0) is 10.2. The van der Waals surface area contributed by atoms with Gasteiger partial charge in [-0.05, 0) is 33.7 Å². The number of hydrogen-bond donors (Lipinski definition) is 1. The highest BCUT2D eigenvalue weighted by atomic mass is 16.5. The first kappa shape index (κ1) is 10.4. The van der Waals surface area contributed by atoms with Gasteiger partial charge in [-0.25, -0.2) is 0 Å². The first-order valence-electron chi connectivity index (χ1n) is 5.69. The van der Waals surface area contributed by atoms with Gasteiger partial charge in [-0.1, -0.05) is 0 Å². The molecule has 0 aromatic heterocycles. The molecule has 2 unspecified atom stereocenters. The van der Waals surface area contributed by atoms with E-state index in [1.807, 2.05) is 0 Å². The van der Waals surface area contributed by atoms with Gasteiger partial charge in [-0.3, -0.25) is 4.90 Å². The monoisotopic (exact) mass is 198 g/mol. The van der Waals surface area contributed by atoms with E-state index in [1.165, 1.54) is 19.5 Å². The van der Waals surface area contributed by atoms with E-state index in [9.17, 15) is 0 Å². The van der Waals surface area contributed by atoms with Crippen LogP contribution in [0.5, 0.6) is 0 Å². The molecule has 0 aromatic carbocycles. The van der Waals surface area contributed by atoms with Crippen LogP contribution in [0, 0.1) is 0 Å². The Labute approximate surface area is 86.8 Å². The Morgan fingerprint density at radius 2 is 2.21 bits per heavy atom. The number of morpholine rings is 1. The Morgan fingerprint density at radius 1 is 1.50 bits per heavy atom. The molecule has 2 atom stereocenters. The number of ether oxygens (including phenoxy) is 1. The van der Waals surface area contributed by atoms with Crippen LogP contribution in [0.1, 0.15) is 27.2 Å². The summed E-state index contributed by atoms with van der Waals surface area (Å²) in [6.07, 6.45) is 1.71. The molecule has 2 aliphatic heterocycles. The predicted molar refractivity (Wildman–Crippen MR) is 57.5 cm³/mol. The molecule has 1 N–H and O–H groups in total. The molecule has 0 bridgehead atoms. The van der Waals surface area contributed by atoms with Crippen LogP contribution in [0.3, 0.4) is 0 Å². The maximum absolute atomic E-state index is 5.88. The number of hydrogen-bond acceptors (Lipinski definition) is 3. The van der Waals surface area contributed by atoms with Crippen molar-refractivity contribution in [2.45, 2.75) is 44.9 Å². The summed E-state index contributed by atoms with van der Waals surface area (Å²) < 4.78 is 5.88. The van der Waals surface area contributed by atoms with Crippen molar-refractivity contribution in [3.05, 3.63) is 0 Å². The summed E-state index contributed by atoms with van der Waals surface area (Å²) in [6, 6.07) is 0.732. The van der Waals surface area contributed by atoms with Gasteiger partial charge < -0.3 is 10.1 Å². The highest BCUT2D eigenvalue weighted by Crippen LogP contribution is 2.21. The molecule has 0 saturated carbocycles. The van der Waals surface area contributed by atoms with Gasteiger partial charge >= 0.3 is 0 Å². The van der Waals surface area contributed by atoms with Crippen LogP contribution < -0.4 is 5.32 Å². The van der Waals surface area contributed by atoms with Crippen molar-refractivity contribution < 1.29 is 4.74 Å². The molecule has 14 heavy (non-hydrogen) atoms. The van der Waals surface area contributed by atoms with Crippen LogP contribution in [0.25, 0.3) is 0 Å². The molecule has 0 amide bonds. The second-order valence-electron chi connectivity index (χ2n) is 5.32. The van der Waals surface area contributed by atoms with Crippen LogP contribution >= 0.6 is 0 Å². The fourth-order valence-electron chi connectivity index (χ4n) is 2.54. The smallest absolute Gasteiger partial charge is 0.0757 e. The quantitative estimate of drug-likeness (QED) is 0.712. The summed E-state index contributed by atoms with van der Waals surface area (Å²) in [7, 11) is 0. The van der Waals surface area contributed by atoms with Crippen LogP contribution in [-0.2, 0) is 4.74 Å². The number of nitrogens with zero attached hydrogens (tertiary/aromatic N) is 1. The van der Waals surface area contributed by atoms with Gasteiger partial charge in [-0.15, -0.1) is 0 Å². The second kappa shape index (κ2) is 3.80. The summed E-state index contributed by atoms with van der Waals surface area (Å²) >= 11 is 0. The van der Waals surface area contributed by atoms with Crippen molar-refractivity contribution in [3.8, 4) is 0 Å². The molecule has 2 heterocycles. The molecule has 82 valence electrons. The first-order chi connectivity index (χ1) is 6.55. The van der Waals surface area contributed by atoms with Gasteiger partial charge in [0.2, 0.25) is 0 Å². The molecule has 0 radical (unpaired) electrons.